The molecule has 1 amide bonds. The number of carbonyl (C=O) groups excluding carboxylic acids is 1. The second kappa shape index (κ2) is 5.58. The van der Waals surface area contributed by atoms with Gasteiger partial charge >= 0.3 is 6.09 Å². The average molecular weight is 337 g/mol. The number of amides is 1. The molecule has 104 valence electrons. The first-order valence-electron chi connectivity index (χ1n) is 6.25. The van der Waals surface area contributed by atoms with Crippen molar-refractivity contribution >= 4 is 33.4 Å². The molecule has 1 aromatic heterocycles. The SMILES string of the molecule is O=C1OCCN1c1cccc(NCc2ccc(Br)o2)c1. The van der Waals surface area contributed by atoms with Crippen molar-refractivity contribution in [2.75, 3.05) is 23.4 Å². The van der Waals surface area contributed by atoms with Crippen molar-refractivity contribution < 1.29 is 13.9 Å². The maximum Gasteiger partial charge on any atom is 0.414 e. The zero-order chi connectivity index (χ0) is 13.9. The Balaban J connectivity index is 1.69. The van der Waals surface area contributed by atoms with Crippen LogP contribution >= 0.6 is 15.9 Å². The summed E-state index contributed by atoms with van der Waals surface area (Å²) < 4.78 is 11.1. The second-order valence-corrected chi connectivity index (χ2v) is 5.16. The Kier molecular flexibility index (Phi) is 3.64. The van der Waals surface area contributed by atoms with Crippen LogP contribution in [0.2, 0.25) is 0 Å². The molecule has 6 heteroatoms. The van der Waals surface area contributed by atoms with Gasteiger partial charge < -0.3 is 14.5 Å². The molecule has 1 aliphatic rings. The van der Waals surface area contributed by atoms with Gasteiger partial charge in [0.25, 0.3) is 0 Å². The van der Waals surface area contributed by atoms with Gasteiger partial charge in [0.05, 0.1) is 13.1 Å². The largest absolute Gasteiger partial charge is 0.452 e. The molecule has 20 heavy (non-hydrogen) atoms. The van der Waals surface area contributed by atoms with E-state index < -0.39 is 0 Å². The molecular weight excluding hydrogens is 324 g/mol. The summed E-state index contributed by atoms with van der Waals surface area (Å²) in [6.07, 6.45) is -0.294. The van der Waals surface area contributed by atoms with Crippen molar-refractivity contribution in [2.24, 2.45) is 0 Å². The maximum atomic E-state index is 11.5. The molecule has 1 aromatic carbocycles. The standard InChI is InChI=1S/C14H13BrN2O3/c15-13-5-4-12(20-13)9-16-10-2-1-3-11(8-10)17-6-7-19-14(17)18/h1-5,8,16H,6-7,9H2. The molecular formula is C14H13BrN2O3. The van der Waals surface area contributed by atoms with Gasteiger partial charge in [0, 0.05) is 11.4 Å². The Labute approximate surface area is 124 Å². The third-order valence-corrected chi connectivity index (χ3v) is 3.44. The lowest BCUT2D eigenvalue weighted by molar-refractivity contribution is 0.181. The number of nitrogens with zero attached hydrogens (tertiary/aromatic N) is 1. The zero-order valence-electron chi connectivity index (χ0n) is 10.6. The molecule has 0 aliphatic carbocycles. The van der Waals surface area contributed by atoms with Crippen molar-refractivity contribution in [3.63, 3.8) is 0 Å². The summed E-state index contributed by atoms with van der Waals surface area (Å²) in [7, 11) is 0. The summed E-state index contributed by atoms with van der Waals surface area (Å²) in [5.41, 5.74) is 1.76. The van der Waals surface area contributed by atoms with Crippen LogP contribution < -0.4 is 10.2 Å². The topological polar surface area (TPSA) is 54.7 Å². The predicted octanol–water partition coefficient (Wildman–Crippen LogP) is 3.61. The first-order chi connectivity index (χ1) is 9.72. The number of hydrogen-bond donors (Lipinski definition) is 1. The number of ether oxygens (including phenoxy) is 1. The molecule has 0 unspecified atom stereocenters. The predicted molar refractivity (Wildman–Crippen MR) is 78.9 cm³/mol. The zero-order valence-corrected chi connectivity index (χ0v) is 12.2. The number of benzene rings is 1. The van der Waals surface area contributed by atoms with Gasteiger partial charge in [-0.3, -0.25) is 4.90 Å². The summed E-state index contributed by atoms with van der Waals surface area (Å²) in [5.74, 6) is 0.836. The quantitative estimate of drug-likeness (QED) is 0.926. The van der Waals surface area contributed by atoms with Crippen LogP contribution in [0.4, 0.5) is 16.2 Å². The fourth-order valence-electron chi connectivity index (χ4n) is 2.05. The smallest absolute Gasteiger partial charge is 0.414 e. The number of anilines is 2. The lowest BCUT2D eigenvalue weighted by Gasteiger charge is -2.14. The van der Waals surface area contributed by atoms with Crippen LogP contribution in [-0.4, -0.2) is 19.2 Å². The van der Waals surface area contributed by atoms with E-state index in [1.54, 1.807) is 4.90 Å². The number of rotatable bonds is 4. The lowest BCUT2D eigenvalue weighted by atomic mass is 10.2. The Morgan fingerprint density at radius 3 is 2.90 bits per heavy atom. The van der Waals surface area contributed by atoms with Gasteiger partial charge in [0.2, 0.25) is 0 Å². The van der Waals surface area contributed by atoms with Crippen LogP contribution in [0.25, 0.3) is 0 Å². The highest BCUT2D eigenvalue weighted by atomic mass is 79.9. The molecule has 5 nitrogen and oxygen atoms in total. The number of cyclic esters (lactones) is 1. The molecule has 2 heterocycles. The summed E-state index contributed by atoms with van der Waals surface area (Å²) >= 11 is 3.27. The van der Waals surface area contributed by atoms with Gasteiger partial charge in [-0.1, -0.05) is 6.07 Å². The van der Waals surface area contributed by atoms with E-state index in [-0.39, 0.29) is 6.09 Å². The molecule has 1 aliphatic heterocycles. The van der Waals surface area contributed by atoms with Gasteiger partial charge in [0.1, 0.15) is 12.4 Å². The number of hydrogen-bond acceptors (Lipinski definition) is 4. The van der Waals surface area contributed by atoms with Gasteiger partial charge in [-0.15, -0.1) is 0 Å². The Morgan fingerprint density at radius 2 is 2.20 bits per heavy atom. The van der Waals surface area contributed by atoms with E-state index in [0.717, 1.165) is 17.1 Å². The first-order valence-corrected chi connectivity index (χ1v) is 7.04. The van der Waals surface area contributed by atoms with Crippen molar-refractivity contribution in [1.82, 2.24) is 0 Å². The minimum Gasteiger partial charge on any atom is -0.452 e. The first kappa shape index (κ1) is 13.1. The van der Waals surface area contributed by atoms with E-state index >= 15 is 0 Å². The fourth-order valence-corrected chi connectivity index (χ4v) is 2.39. The summed E-state index contributed by atoms with van der Waals surface area (Å²) in [4.78, 5) is 13.2. The highest BCUT2D eigenvalue weighted by molar-refractivity contribution is 9.10. The van der Waals surface area contributed by atoms with Crippen molar-refractivity contribution in [2.45, 2.75) is 6.54 Å². The van der Waals surface area contributed by atoms with Crippen molar-refractivity contribution in [3.05, 3.63) is 46.8 Å². The van der Waals surface area contributed by atoms with Gasteiger partial charge in [-0.2, -0.15) is 0 Å². The molecule has 0 saturated carbocycles. The molecule has 1 fully saturated rings. The van der Waals surface area contributed by atoms with Gasteiger partial charge in [-0.05, 0) is 46.3 Å². The van der Waals surface area contributed by atoms with Crippen LogP contribution in [0.15, 0.2) is 45.5 Å². The maximum absolute atomic E-state index is 11.5. The minimum atomic E-state index is -0.294. The summed E-state index contributed by atoms with van der Waals surface area (Å²) in [6, 6.07) is 11.4. The Bertz CT molecular complexity index is 626. The highest BCUT2D eigenvalue weighted by Crippen LogP contribution is 2.23. The van der Waals surface area contributed by atoms with Crippen LogP contribution in [0.1, 0.15) is 5.76 Å². The molecule has 1 N–H and O–H groups in total. The second-order valence-electron chi connectivity index (χ2n) is 4.38. The lowest BCUT2D eigenvalue weighted by Crippen LogP contribution is -2.23. The van der Waals surface area contributed by atoms with E-state index in [2.05, 4.69) is 21.2 Å². The van der Waals surface area contributed by atoms with Gasteiger partial charge in [0.15, 0.2) is 4.67 Å². The third-order valence-electron chi connectivity index (χ3n) is 3.01. The van der Waals surface area contributed by atoms with Gasteiger partial charge in [-0.25, -0.2) is 4.79 Å². The molecule has 1 saturated heterocycles. The Morgan fingerprint density at radius 1 is 1.30 bits per heavy atom. The average Bonchev–Trinajstić information content (AvgIpc) is 3.05. The number of carbonyl (C=O) groups is 1. The van der Waals surface area contributed by atoms with Crippen LogP contribution in [-0.2, 0) is 11.3 Å². The van der Waals surface area contributed by atoms with Crippen LogP contribution in [0.3, 0.4) is 0 Å². The van der Waals surface area contributed by atoms with E-state index in [0.29, 0.717) is 24.4 Å². The highest BCUT2D eigenvalue weighted by Gasteiger charge is 2.23. The fraction of sp³-hybridized carbons (Fsp3) is 0.214. The van der Waals surface area contributed by atoms with E-state index in [1.165, 1.54) is 0 Å². The molecule has 0 bridgehead atoms. The van der Waals surface area contributed by atoms with E-state index in [4.69, 9.17) is 9.15 Å². The third kappa shape index (κ3) is 2.80. The van der Waals surface area contributed by atoms with E-state index in [9.17, 15) is 4.79 Å². The van der Waals surface area contributed by atoms with E-state index in [1.807, 2.05) is 36.4 Å². The molecule has 2 aromatic rings. The van der Waals surface area contributed by atoms with Crippen LogP contribution in [0, 0.1) is 0 Å². The summed E-state index contributed by atoms with van der Waals surface area (Å²) in [6.45, 7) is 1.61. The number of halogens is 1. The molecule has 0 atom stereocenters. The molecule has 0 radical (unpaired) electrons. The monoisotopic (exact) mass is 336 g/mol. The normalized spacial score (nSPS) is 14.4. The summed E-state index contributed by atoms with van der Waals surface area (Å²) in [5, 5.41) is 3.26. The molecule has 3 rings (SSSR count). The van der Waals surface area contributed by atoms with Crippen molar-refractivity contribution in [3.8, 4) is 0 Å². The minimum absolute atomic E-state index is 0.294. The number of furan rings is 1. The Hall–Kier alpha value is -1.95. The molecule has 0 spiro atoms. The number of nitrogens with one attached hydrogen (secondary N) is 1. The van der Waals surface area contributed by atoms with Crippen LogP contribution in [0.5, 0.6) is 0 Å². The van der Waals surface area contributed by atoms with Crippen molar-refractivity contribution in [1.29, 1.82) is 0 Å².